The van der Waals surface area contributed by atoms with Gasteiger partial charge in [0.05, 0.1) is 0 Å². The van der Waals surface area contributed by atoms with Crippen LogP contribution >= 0.6 is 0 Å². The lowest BCUT2D eigenvalue weighted by Crippen LogP contribution is -2.23. The molecule has 3 rings (SSSR count). The molecule has 134 valence electrons. The van der Waals surface area contributed by atoms with Gasteiger partial charge in [-0.3, -0.25) is 0 Å². The molecule has 1 aromatic rings. The molecule has 2 saturated carbocycles. The van der Waals surface area contributed by atoms with Gasteiger partial charge >= 0.3 is 0 Å². The van der Waals surface area contributed by atoms with Crippen LogP contribution in [0.15, 0.2) is 24.3 Å². The van der Waals surface area contributed by atoms with Crippen molar-refractivity contribution < 1.29 is 0 Å². The molecule has 0 nitrogen and oxygen atoms in total. The summed E-state index contributed by atoms with van der Waals surface area (Å²) in [4.78, 5) is 0. The van der Waals surface area contributed by atoms with Gasteiger partial charge in [-0.05, 0) is 87.0 Å². The first kappa shape index (κ1) is 18.0. The quantitative estimate of drug-likeness (QED) is 0.525. The van der Waals surface area contributed by atoms with E-state index in [1.54, 1.807) is 5.56 Å². The lowest BCUT2D eigenvalue weighted by molar-refractivity contribution is 0.172. The van der Waals surface area contributed by atoms with E-state index in [1.807, 2.05) is 0 Å². The zero-order chi connectivity index (χ0) is 16.9. The van der Waals surface area contributed by atoms with Crippen LogP contribution in [-0.4, -0.2) is 0 Å². The van der Waals surface area contributed by atoms with Crippen LogP contribution in [0.5, 0.6) is 0 Å². The van der Waals surface area contributed by atoms with E-state index in [9.17, 15) is 0 Å². The predicted octanol–water partition coefficient (Wildman–Crippen LogP) is 7.51. The summed E-state index contributed by atoms with van der Waals surface area (Å²) in [6, 6.07) is 9.32. The molecule has 0 aliphatic heterocycles. The monoisotopic (exact) mass is 326 g/mol. The van der Waals surface area contributed by atoms with E-state index < -0.39 is 0 Å². The first-order chi connectivity index (χ1) is 11.7. The molecule has 0 heterocycles. The summed E-state index contributed by atoms with van der Waals surface area (Å²) in [6.07, 6.45) is 14.7. The van der Waals surface area contributed by atoms with Crippen LogP contribution in [0.4, 0.5) is 0 Å². The lowest BCUT2D eigenvalue weighted by atomic mass is 9.70. The zero-order valence-electron chi connectivity index (χ0n) is 16.3. The summed E-state index contributed by atoms with van der Waals surface area (Å²) in [6.45, 7) is 7.12. The molecule has 1 atom stereocenters. The molecule has 0 aromatic heterocycles. The van der Waals surface area contributed by atoms with Crippen LogP contribution in [0, 0.1) is 30.6 Å². The first-order valence-electron chi connectivity index (χ1n) is 10.7. The molecular formula is C24H38. The second-order valence-corrected chi connectivity index (χ2v) is 9.03. The Bertz CT molecular complexity index is 469. The largest absolute Gasteiger partial charge is 0.0651 e. The Morgan fingerprint density at radius 3 is 2.00 bits per heavy atom. The van der Waals surface area contributed by atoms with E-state index in [2.05, 4.69) is 45.0 Å². The Balaban J connectivity index is 1.43. The maximum absolute atomic E-state index is 2.56. The molecule has 24 heavy (non-hydrogen) atoms. The lowest BCUT2D eigenvalue weighted by Gasteiger charge is -2.35. The van der Waals surface area contributed by atoms with Gasteiger partial charge in [-0.1, -0.05) is 62.9 Å². The first-order valence-corrected chi connectivity index (χ1v) is 10.7. The van der Waals surface area contributed by atoms with Crippen LogP contribution in [0.2, 0.25) is 0 Å². The Hall–Kier alpha value is -0.780. The van der Waals surface area contributed by atoms with Gasteiger partial charge in [0.25, 0.3) is 0 Å². The Morgan fingerprint density at radius 2 is 1.42 bits per heavy atom. The molecule has 0 radical (unpaired) electrons. The molecule has 0 bridgehead atoms. The fourth-order valence-corrected chi connectivity index (χ4v) is 5.45. The minimum absolute atomic E-state index is 0.831. The topological polar surface area (TPSA) is 0 Å². The molecule has 2 aliphatic rings. The number of rotatable bonds is 5. The van der Waals surface area contributed by atoms with E-state index in [0.717, 1.165) is 29.6 Å². The predicted molar refractivity (Wildman–Crippen MR) is 105 cm³/mol. The molecule has 1 aromatic carbocycles. The van der Waals surface area contributed by atoms with Crippen molar-refractivity contribution in [2.24, 2.45) is 23.7 Å². The fourth-order valence-electron chi connectivity index (χ4n) is 5.45. The van der Waals surface area contributed by atoms with Crippen molar-refractivity contribution in [2.75, 3.05) is 0 Å². The molecule has 0 heteroatoms. The van der Waals surface area contributed by atoms with Gasteiger partial charge in [-0.25, -0.2) is 0 Å². The third-order valence-corrected chi connectivity index (χ3v) is 7.37. The Morgan fingerprint density at radius 1 is 0.833 bits per heavy atom. The maximum Gasteiger partial charge on any atom is -0.0162 e. The average molecular weight is 327 g/mol. The van der Waals surface area contributed by atoms with E-state index in [0.29, 0.717) is 0 Å². The summed E-state index contributed by atoms with van der Waals surface area (Å²) >= 11 is 0. The highest BCUT2D eigenvalue weighted by molar-refractivity contribution is 5.24. The van der Waals surface area contributed by atoms with Crippen molar-refractivity contribution in [1.29, 1.82) is 0 Å². The molecule has 0 N–H and O–H groups in total. The average Bonchev–Trinajstić information content (AvgIpc) is 2.63. The summed E-state index contributed by atoms with van der Waals surface area (Å²) in [5.74, 6) is 4.87. The van der Waals surface area contributed by atoms with E-state index in [4.69, 9.17) is 0 Å². The van der Waals surface area contributed by atoms with Crippen molar-refractivity contribution >= 4 is 0 Å². The van der Waals surface area contributed by atoms with Crippen LogP contribution in [0.1, 0.15) is 95.1 Å². The molecular weight excluding hydrogens is 288 g/mol. The van der Waals surface area contributed by atoms with Gasteiger partial charge in [-0.2, -0.15) is 0 Å². The van der Waals surface area contributed by atoms with Gasteiger partial charge in [0.15, 0.2) is 0 Å². The number of benzene rings is 1. The van der Waals surface area contributed by atoms with E-state index in [-0.39, 0.29) is 0 Å². The van der Waals surface area contributed by atoms with Gasteiger partial charge in [0, 0.05) is 0 Å². The normalized spacial score (nSPS) is 32.5. The van der Waals surface area contributed by atoms with Crippen LogP contribution in [0.3, 0.4) is 0 Å². The highest BCUT2D eigenvalue weighted by Gasteiger charge is 2.28. The van der Waals surface area contributed by atoms with Gasteiger partial charge in [0.2, 0.25) is 0 Å². The van der Waals surface area contributed by atoms with E-state index in [1.165, 1.54) is 69.8 Å². The standard InChI is InChI=1S/C24H38/c1-4-20-7-13-22(14-8-20)19(3)17-21-9-15-24(16-10-21)23-11-5-18(2)6-12-23/h5-6,11-12,19-22,24H,4,7-10,13-17H2,1-3H3. The molecule has 1 unspecified atom stereocenters. The highest BCUT2D eigenvalue weighted by Crippen LogP contribution is 2.42. The molecule has 2 aliphatic carbocycles. The van der Waals surface area contributed by atoms with E-state index >= 15 is 0 Å². The number of aryl methyl sites for hydroxylation is 1. The number of hydrogen-bond acceptors (Lipinski definition) is 0. The van der Waals surface area contributed by atoms with Gasteiger partial charge < -0.3 is 0 Å². The highest BCUT2D eigenvalue weighted by atomic mass is 14.3. The Labute approximate surface area is 150 Å². The SMILES string of the molecule is CCC1CCC(C(C)CC2CCC(c3ccc(C)cc3)CC2)CC1. The van der Waals surface area contributed by atoms with Gasteiger partial charge in [0.1, 0.15) is 0 Å². The van der Waals surface area contributed by atoms with Crippen molar-refractivity contribution in [1.82, 2.24) is 0 Å². The summed E-state index contributed by atoms with van der Waals surface area (Å²) < 4.78 is 0. The maximum atomic E-state index is 2.56. The van der Waals surface area contributed by atoms with Gasteiger partial charge in [-0.15, -0.1) is 0 Å². The zero-order valence-corrected chi connectivity index (χ0v) is 16.3. The molecule has 0 amide bonds. The van der Waals surface area contributed by atoms with Crippen molar-refractivity contribution in [3.05, 3.63) is 35.4 Å². The molecule has 0 saturated heterocycles. The minimum atomic E-state index is 0.831. The third kappa shape index (κ3) is 4.64. The summed E-state index contributed by atoms with van der Waals surface area (Å²) in [5, 5.41) is 0. The summed E-state index contributed by atoms with van der Waals surface area (Å²) in [5.41, 5.74) is 2.98. The molecule has 0 spiro atoms. The fraction of sp³-hybridized carbons (Fsp3) is 0.750. The van der Waals surface area contributed by atoms with Crippen molar-refractivity contribution in [3.8, 4) is 0 Å². The minimum Gasteiger partial charge on any atom is -0.0651 e. The van der Waals surface area contributed by atoms with Crippen molar-refractivity contribution in [2.45, 2.75) is 90.9 Å². The number of hydrogen-bond donors (Lipinski definition) is 0. The van der Waals surface area contributed by atoms with Crippen molar-refractivity contribution in [3.63, 3.8) is 0 Å². The smallest absolute Gasteiger partial charge is 0.0162 e. The second-order valence-electron chi connectivity index (χ2n) is 9.03. The molecule has 2 fully saturated rings. The third-order valence-electron chi connectivity index (χ3n) is 7.37. The van der Waals surface area contributed by atoms with Crippen LogP contribution < -0.4 is 0 Å². The summed E-state index contributed by atoms with van der Waals surface area (Å²) in [7, 11) is 0. The second kappa shape index (κ2) is 8.54. The Kier molecular flexibility index (Phi) is 6.42. The van der Waals surface area contributed by atoms with Crippen LogP contribution in [-0.2, 0) is 0 Å². The van der Waals surface area contributed by atoms with Crippen LogP contribution in [0.25, 0.3) is 0 Å².